The number of nitrogens with one attached hydrogen (secondary N) is 1. The van der Waals surface area contributed by atoms with Crippen LogP contribution in [0.5, 0.6) is 5.88 Å². The fourth-order valence-corrected chi connectivity index (χ4v) is 2.32. The topological polar surface area (TPSA) is 118 Å². The molecule has 9 nitrogen and oxygen atoms in total. The molecule has 0 aromatic carbocycles. The number of carboxylic acid groups (broad SMARTS) is 1. The quantitative estimate of drug-likeness (QED) is 0.633. The molecule has 1 aliphatic heterocycles. The fourth-order valence-electron chi connectivity index (χ4n) is 2.32. The minimum Gasteiger partial charge on any atom is -0.481 e. The van der Waals surface area contributed by atoms with Crippen LogP contribution in [0.25, 0.3) is 0 Å². The first-order valence-electron chi connectivity index (χ1n) is 6.45. The number of carbonyl (C=O) groups is 1. The van der Waals surface area contributed by atoms with Gasteiger partial charge in [0.1, 0.15) is 0 Å². The molecule has 1 amide bonds. The number of rotatable bonds is 4. The molecule has 0 unspecified atom stereocenters. The lowest BCUT2D eigenvalue weighted by atomic mass is 10.1. The van der Waals surface area contributed by atoms with E-state index < -0.39 is 11.0 Å². The van der Waals surface area contributed by atoms with E-state index in [1.165, 1.54) is 19.2 Å². The monoisotopic (exact) mass is 296 g/mol. The molecule has 0 aliphatic carbocycles. The largest absolute Gasteiger partial charge is 0.481 e. The first-order valence-corrected chi connectivity index (χ1v) is 6.45. The number of anilines is 1. The molecule has 21 heavy (non-hydrogen) atoms. The number of ether oxygens (including phenoxy) is 1. The predicted molar refractivity (Wildman–Crippen MR) is 73.8 cm³/mol. The standard InChI is InChI=1S/C12H16N4O5/c1-21-10-3-2-9(16(19)20)11(14-10)15-6-4-8(5-7-15)13-12(17)18/h2-3,8,13H,4-7H2,1H3,(H,17,18). The third kappa shape index (κ3) is 3.50. The van der Waals surface area contributed by atoms with Crippen LogP contribution in [-0.2, 0) is 0 Å². The molecule has 1 aromatic heterocycles. The van der Waals surface area contributed by atoms with Crippen molar-refractivity contribution < 1.29 is 19.6 Å². The zero-order valence-electron chi connectivity index (χ0n) is 11.5. The molecule has 0 saturated carbocycles. The predicted octanol–water partition coefficient (Wildman–Crippen LogP) is 1.23. The summed E-state index contributed by atoms with van der Waals surface area (Å²) in [5, 5.41) is 22.2. The van der Waals surface area contributed by atoms with Crippen LogP contribution in [-0.4, -0.2) is 47.3 Å². The van der Waals surface area contributed by atoms with Crippen molar-refractivity contribution in [2.75, 3.05) is 25.1 Å². The summed E-state index contributed by atoms with van der Waals surface area (Å²) in [6.07, 6.45) is 0.0870. The maximum Gasteiger partial charge on any atom is 0.404 e. The molecule has 2 N–H and O–H groups in total. The fraction of sp³-hybridized carbons (Fsp3) is 0.500. The van der Waals surface area contributed by atoms with Crippen molar-refractivity contribution in [3.8, 4) is 5.88 Å². The zero-order chi connectivity index (χ0) is 15.4. The average molecular weight is 296 g/mol. The number of methoxy groups -OCH3 is 1. The van der Waals surface area contributed by atoms with Crippen LogP contribution in [0.1, 0.15) is 12.8 Å². The summed E-state index contributed by atoms with van der Waals surface area (Å²) in [7, 11) is 1.45. The van der Waals surface area contributed by atoms with Gasteiger partial charge in [0.05, 0.1) is 12.0 Å². The minimum absolute atomic E-state index is 0.0829. The van der Waals surface area contributed by atoms with Crippen LogP contribution in [0.2, 0.25) is 0 Å². The Hall–Kier alpha value is -2.58. The Bertz CT molecular complexity index is 542. The van der Waals surface area contributed by atoms with Gasteiger partial charge in [-0.3, -0.25) is 10.1 Å². The molecule has 1 aliphatic rings. The summed E-state index contributed by atoms with van der Waals surface area (Å²) < 4.78 is 5.00. The lowest BCUT2D eigenvalue weighted by Crippen LogP contribution is -2.44. The number of aromatic nitrogens is 1. The Morgan fingerprint density at radius 3 is 2.71 bits per heavy atom. The third-order valence-corrected chi connectivity index (χ3v) is 3.36. The lowest BCUT2D eigenvalue weighted by molar-refractivity contribution is -0.384. The third-order valence-electron chi connectivity index (χ3n) is 3.36. The zero-order valence-corrected chi connectivity index (χ0v) is 11.5. The smallest absolute Gasteiger partial charge is 0.404 e. The molecule has 0 spiro atoms. The average Bonchev–Trinajstić information content (AvgIpc) is 2.46. The van der Waals surface area contributed by atoms with Gasteiger partial charge in [-0.15, -0.1) is 0 Å². The highest BCUT2D eigenvalue weighted by molar-refractivity contribution is 5.65. The maximum atomic E-state index is 11.1. The molecule has 1 aromatic rings. The van der Waals surface area contributed by atoms with Crippen LogP contribution in [0, 0.1) is 10.1 Å². The second-order valence-electron chi connectivity index (χ2n) is 4.66. The Morgan fingerprint density at radius 1 is 1.52 bits per heavy atom. The first-order chi connectivity index (χ1) is 10.0. The number of amides is 1. The van der Waals surface area contributed by atoms with Gasteiger partial charge in [0.25, 0.3) is 0 Å². The maximum absolute atomic E-state index is 11.1. The highest BCUT2D eigenvalue weighted by Crippen LogP contribution is 2.30. The van der Waals surface area contributed by atoms with E-state index in [2.05, 4.69) is 10.3 Å². The Labute approximate surface area is 120 Å². The highest BCUT2D eigenvalue weighted by Gasteiger charge is 2.27. The second-order valence-corrected chi connectivity index (χ2v) is 4.66. The van der Waals surface area contributed by atoms with Crippen molar-refractivity contribution in [1.82, 2.24) is 10.3 Å². The van der Waals surface area contributed by atoms with Gasteiger partial charge in [0.2, 0.25) is 11.7 Å². The van der Waals surface area contributed by atoms with Gasteiger partial charge in [-0.2, -0.15) is 4.98 Å². The van der Waals surface area contributed by atoms with Gasteiger partial charge in [-0.05, 0) is 12.8 Å². The molecular weight excluding hydrogens is 280 g/mol. The molecule has 0 atom stereocenters. The van der Waals surface area contributed by atoms with Gasteiger partial charge < -0.3 is 20.1 Å². The number of nitro groups is 1. The van der Waals surface area contributed by atoms with Crippen molar-refractivity contribution in [2.24, 2.45) is 0 Å². The Kier molecular flexibility index (Phi) is 4.41. The van der Waals surface area contributed by atoms with Gasteiger partial charge >= 0.3 is 11.8 Å². The summed E-state index contributed by atoms with van der Waals surface area (Å²) in [6.45, 7) is 0.984. The summed E-state index contributed by atoms with van der Waals surface area (Å²) >= 11 is 0. The SMILES string of the molecule is COc1ccc([N+](=O)[O-])c(N2CCC(NC(=O)O)CC2)n1. The number of hydrogen-bond acceptors (Lipinski definition) is 6. The first kappa shape index (κ1) is 14.8. The van der Waals surface area contributed by atoms with E-state index in [0.29, 0.717) is 31.8 Å². The van der Waals surface area contributed by atoms with E-state index in [1.807, 2.05) is 0 Å². The van der Waals surface area contributed by atoms with Crippen LogP contribution >= 0.6 is 0 Å². The second kappa shape index (κ2) is 6.25. The van der Waals surface area contributed by atoms with Crippen molar-refractivity contribution >= 4 is 17.6 Å². The van der Waals surface area contributed by atoms with Crippen molar-refractivity contribution in [2.45, 2.75) is 18.9 Å². The Balaban J connectivity index is 2.15. The van der Waals surface area contributed by atoms with Crippen LogP contribution in [0.4, 0.5) is 16.3 Å². The normalized spacial score (nSPS) is 15.6. The molecule has 0 bridgehead atoms. The van der Waals surface area contributed by atoms with E-state index in [4.69, 9.17) is 9.84 Å². The van der Waals surface area contributed by atoms with E-state index in [1.54, 1.807) is 4.90 Å². The highest BCUT2D eigenvalue weighted by atomic mass is 16.6. The summed E-state index contributed by atoms with van der Waals surface area (Å²) in [6, 6.07) is 2.67. The molecule has 114 valence electrons. The molecule has 0 radical (unpaired) electrons. The molecule has 9 heteroatoms. The lowest BCUT2D eigenvalue weighted by Gasteiger charge is -2.32. The van der Waals surface area contributed by atoms with Crippen LogP contribution < -0.4 is 15.0 Å². The summed E-state index contributed by atoms with van der Waals surface area (Å²) in [5.74, 6) is 0.564. The molecule has 2 rings (SSSR count). The van der Waals surface area contributed by atoms with Gasteiger partial charge in [0.15, 0.2) is 0 Å². The van der Waals surface area contributed by atoms with E-state index in [-0.39, 0.29) is 17.5 Å². The molecule has 1 saturated heterocycles. The molecule has 2 heterocycles. The van der Waals surface area contributed by atoms with Gasteiger partial charge in [0, 0.05) is 31.3 Å². The van der Waals surface area contributed by atoms with Crippen molar-refractivity contribution in [1.29, 1.82) is 0 Å². The van der Waals surface area contributed by atoms with Crippen molar-refractivity contribution in [3.63, 3.8) is 0 Å². The van der Waals surface area contributed by atoms with Gasteiger partial charge in [-0.25, -0.2) is 4.79 Å². The van der Waals surface area contributed by atoms with E-state index >= 15 is 0 Å². The van der Waals surface area contributed by atoms with Crippen LogP contribution in [0.15, 0.2) is 12.1 Å². The van der Waals surface area contributed by atoms with Crippen molar-refractivity contribution in [3.05, 3.63) is 22.2 Å². The number of piperidine rings is 1. The van der Waals surface area contributed by atoms with E-state index in [0.717, 1.165) is 0 Å². The van der Waals surface area contributed by atoms with Gasteiger partial charge in [-0.1, -0.05) is 0 Å². The van der Waals surface area contributed by atoms with E-state index in [9.17, 15) is 14.9 Å². The summed E-state index contributed by atoms with van der Waals surface area (Å²) in [5.41, 5.74) is -0.0829. The number of nitrogens with zero attached hydrogens (tertiary/aromatic N) is 3. The van der Waals surface area contributed by atoms with Crippen LogP contribution in [0.3, 0.4) is 0 Å². The minimum atomic E-state index is -1.06. The Morgan fingerprint density at radius 2 is 2.19 bits per heavy atom. The number of pyridine rings is 1. The summed E-state index contributed by atoms with van der Waals surface area (Å²) in [4.78, 5) is 27.1. The molecular formula is C12H16N4O5. The molecule has 1 fully saturated rings. The number of hydrogen-bond donors (Lipinski definition) is 2.